The van der Waals surface area contributed by atoms with Crippen LogP contribution in [0.2, 0.25) is 0 Å². The number of ether oxygens (including phenoxy) is 1. The van der Waals surface area contributed by atoms with Gasteiger partial charge in [-0.25, -0.2) is 4.98 Å². The number of aromatic nitrogens is 2. The van der Waals surface area contributed by atoms with Crippen molar-refractivity contribution in [3.05, 3.63) is 24.0 Å². The number of rotatable bonds is 6. The number of hydrogen-bond donors (Lipinski definition) is 1. The van der Waals surface area contributed by atoms with Crippen LogP contribution in [0.25, 0.3) is 11.0 Å². The van der Waals surface area contributed by atoms with E-state index in [0.717, 1.165) is 35.6 Å². The van der Waals surface area contributed by atoms with Crippen molar-refractivity contribution in [2.24, 2.45) is 5.73 Å². The van der Waals surface area contributed by atoms with Gasteiger partial charge in [-0.3, -0.25) is 0 Å². The molecular weight excluding hydrogens is 238 g/mol. The molecule has 1 aromatic carbocycles. The molecule has 0 aliphatic heterocycles. The fraction of sp³-hybridized carbons (Fsp3) is 0.533. The number of imidazole rings is 1. The first kappa shape index (κ1) is 13.9. The zero-order valence-corrected chi connectivity index (χ0v) is 12.0. The molecule has 0 saturated carbocycles. The average Bonchev–Trinajstić information content (AvgIpc) is 2.77. The Balaban J connectivity index is 2.42. The molecule has 0 saturated heterocycles. The van der Waals surface area contributed by atoms with Crippen LogP contribution >= 0.6 is 0 Å². The quantitative estimate of drug-likeness (QED) is 0.812. The van der Waals surface area contributed by atoms with Crippen LogP contribution in [0.5, 0.6) is 5.75 Å². The Hall–Kier alpha value is -1.55. The molecule has 1 unspecified atom stereocenters. The van der Waals surface area contributed by atoms with Crippen LogP contribution < -0.4 is 10.5 Å². The van der Waals surface area contributed by atoms with Crippen LogP contribution in [0.1, 0.15) is 45.0 Å². The molecule has 0 aliphatic rings. The van der Waals surface area contributed by atoms with E-state index in [1.807, 2.05) is 19.1 Å². The van der Waals surface area contributed by atoms with Gasteiger partial charge in [-0.2, -0.15) is 0 Å². The second-order valence-corrected chi connectivity index (χ2v) is 4.97. The highest BCUT2D eigenvalue weighted by Crippen LogP contribution is 2.24. The van der Waals surface area contributed by atoms with Crippen molar-refractivity contribution in [3.63, 3.8) is 0 Å². The fourth-order valence-electron chi connectivity index (χ4n) is 2.36. The van der Waals surface area contributed by atoms with Crippen molar-refractivity contribution in [2.45, 2.75) is 45.7 Å². The van der Waals surface area contributed by atoms with Crippen LogP contribution in [0.3, 0.4) is 0 Å². The molecule has 2 aromatic rings. The lowest BCUT2D eigenvalue weighted by Crippen LogP contribution is -2.13. The van der Waals surface area contributed by atoms with Crippen molar-refractivity contribution in [2.75, 3.05) is 7.11 Å². The van der Waals surface area contributed by atoms with Gasteiger partial charge in [0.15, 0.2) is 0 Å². The minimum Gasteiger partial charge on any atom is -0.497 e. The first-order valence-electron chi connectivity index (χ1n) is 6.97. The van der Waals surface area contributed by atoms with Crippen LogP contribution in [0, 0.1) is 0 Å². The number of aryl methyl sites for hydroxylation is 1. The third-order valence-corrected chi connectivity index (χ3v) is 3.38. The van der Waals surface area contributed by atoms with E-state index in [2.05, 4.69) is 22.5 Å². The second kappa shape index (κ2) is 6.06. The summed E-state index contributed by atoms with van der Waals surface area (Å²) in [6.07, 6.45) is 3.61. The molecule has 0 amide bonds. The number of hydrogen-bond acceptors (Lipinski definition) is 3. The minimum absolute atomic E-state index is 0.0555. The molecule has 4 heteroatoms. The van der Waals surface area contributed by atoms with Crippen molar-refractivity contribution < 1.29 is 4.74 Å². The van der Waals surface area contributed by atoms with Gasteiger partial charge in [-0.15, -0.1) is 0 Å². The Morgan fingerprint density at radius 2 is 2.16 bits per heavy atom. The summed E-state index contributed by atoms with van der Waals surface area (Å²) >= 11 is 0. The number of methoxy groups -OCH3 is 1. The van der Waals surface area contributed by atoms with Gasteiger partial charge in [0.1, 0.15) is 11.6 Å². The Kier molecular flexibility index (Phi) is 4.43. The van der Waals surface area contributed by atoms with E-state index >= 15 is 0 Å². The highest BCUT2D eigenvalue weighted by atomic mass is 16.5. The zero-order chi connectivity index (χ0) is 13.8. The maximum absolute atomic E-state index is 6.04. The van der Waals surface area contributed by atoms with E-state index in [0.29, 0.717) is 0 Å². The number of fused-ring (bicyclic) bond motifs is 1. The molecule has 19 heavy (non-hydrogen) atoms. The Labute approximate surface area is 114 Å². The Bertz CT molecular complexity index is 546. The summed E-state index contributed by atoms with van der Waals surface area (Å²) in [6, 6.07) is 5.96. The summed E-state index contributed by atoms with van der Waals surface area (Å²) in [6.45, 7) is 5.17. The third-order valence-electron chi connectivity index (χ3n) is 3.38. The van der Waals surface area contributed by atoms with Gasteiger partial charge < -0.3 is 15.0 Å². The average molecular weight is 261 g/mol. The summed E-state index contributed by atoms with van der Waals surface area (Å²) in [7, 11) is 1.67. The van der Waals surface area contributed by atoms with Gasteiger partial charge in [0.2, 0.25) is 0 Å². The lowest BCUT2D eigenvalue weighted by atomic mass is 10.2. The molecule has 2 N–H and O–H groups in total. The zero-order valence-electron chi connectivity index (χ0n) is 12.0. The van der Waals surface area contributed by atoms with Crippen molar-refractivity contribution in [1.29, 1.82) is 0 Å². The van der Waals surface area contributed by atoms with E-state index < -0.39 is 0 Å². The molecule has 0 fully saturated rings. The van der Waals surface area contributed by atoms with E-state index in [1.54, 1.807) is 7.11 Å². The summed E-state index contributed by atoms with van der Waals surface area (Å²) in [5.41, 5.74) is 8.14. The molecule has 1 atom stereocenters. The topological polar surface area (TPSA) is 53.1 Å². The molecule has 2 rings (SSSR count). The van der Waals surface area contributed by atoms with Crippen LogP contribution in [0.4, 0.5) is 0 Å². The van der Waals surface area contributed by atoms with Gasteiger partial charge in [0.05, 0.1) is 24.2 Å². The first-order chi connectivity index (χ1) is 9.17. The summed E-state index contributed by atoms with van der Waals surface area (Å²) < 4.78 is 7.50. The second-order valence-electron chi connectivity index (χ2n) is 4.97. The van der Waals surface area contributed by atoms with Crippen molar-refractivity contribution in [3.8, 4) is 5.75 Å². The largest absolute Gasteiger partial charge is 0.497 e. The lowest BCUT2D eigenvalue weighted by molar-refractivity contribution is 0.415. The smallest absolute Gasteiger partial charge is 0.126 e. The van der Waals surface area contributed by atoms with Crippen molar-refractivity contribution >= 4 is 11.0 Å². The minimum atomic E-state index is -0.0555. The molecule has 1 aromatic heterocycles. The molecule has 0 aliphatic carbocycles. The molecule has 4 nitrogen and oxygen atoms in total. The normalized spacial score (nSPS) is 12.8. The van der Waals surface area contributed by atoms with Gasteiger partial charge in [0, 0.05) is 12.6 Å². The van der Waals surface area contributed by atoms with E-state index in [4.69, 9.17) is 10.5 Å². The Morgan fingerprint density at radius 1 is 1.37 bits per heavy atom. The number of nitrogens with zero attached hydrogens (tertiary/aromatic N) is 2. The van der Waals surface area contributed by atoms with Crippen LogP contribution in [-0.4, -0.2) is 16.7 Å². The Morgan fingerprint density at radius 3 is 2.79 bits per heavy atom. The number of nitrogens with two attached hydrogens (primary N) is 1. The predicted octanol–water partition coefficient (Wildman–Crippen LogP) is 3.25. The first-order valence-corrected chi connectivity index (χ1v) is 6.97. The van der Waals surface area contributed by atoms with Gasteiger partial charge in [0.25, 0.3) is 0 Å². The molecule has 0 spiro atoms. The van der Waals surface area contributed by atoms with Gasteiger partial charge in [-0.1, -0.05) is 19.8 Å². The molecule has 1 heterocycles. The van der Waals surface area contributed by atoms with Gasteiger partial charge in [-0.05, 0) is 25.5 Å². The fourth-order valence-corrected chi connectivity index (χ4v) is 2.36. The molecule has 0 radical (unpaired) electrons. The van der Waals surface area contributed by atoms with E-state index in [9.17, 15) is 0 Å². The number of benzene rings is 1. The predicted molar refractivity (Wildman–Crippen MR) is 78.4 cm³/mol. The monoisotopic (exact) mass is 261 g/mol. The van der Waals surface area contributed by atoms with E-state index in [-0.39, 0.29) is 6.04 Å². The lowest BCUT2D eigenvalue weighted by Gasteiger charge is -2.11. The number of unbranched alkanes of at least 4 members (excludes halogenated alkanes) is 2. The third kappa shape index (κ3) is 2.89. The molecule has 104 valence electrons. The summed E-state index contributed by atoms with van der Waals surface area (Å²) in [4.78, 5) is 4.66. The summed E-state index contributed by atoms with van der Waals surface area (Å²) in [5, 5.41) is 0. The molecule has 0 bridgehead atoms. The highest BCUT2D eigenvalue weighted by molar-refractivity contribution is 5.78. The standard InChI is InChI=1S/C15H23N3O/c1-4-5-6-9-18-14-8-7-12(19-3)10-13(14)17-15(18)11(2)16/h7-8,10-11H,4-6,9,16H2,1-3H3. The van der Waals surface area contributed by atoms with Gasteiger partial charge >= 0.3 is 0 Å². The summed E-state index contributed by atoms with van der Waals surface area (Å²) in [5.74, 6) is 1.79. The van der Waals surface area contributed by atoms with Crippen LogP contribution in [0.15, 0.2) is 18.2 Å². The van der Waals surface area contributed by atoms with Crippen molar-refractivity contribution in [1.82, 2.24) is 9.55 Å². The molecular formula is C15H23N3O. The SMILES string of the molecule is CCCCCn1c(C(C)N)nc2cc(OC)ccc21. The van der Waals surface area contributed by atoms with Crippen LogP contribution in [-0.2, 0) is 6.54 Å². The van der Waals surface area contributed by atoms with E-state index in [1.165, 1.54) is 12.8 Å². The highest BCUT2D eigenvalue weighted by Gasteiger charge is 2.14. The maximum Gasteiger partial charge on any atom is 0.126 e. The maximum atomic E-state index is 6.04.